The summed E-state index contributed by atoms with van der Waals surface area (Å²) in [4.78, 5) is 110. The molecule has 0 aliphatic heterocycles. The molecule has 3 aromatic heterocycles. The van der Waals surface area contributed by atoms with Crippen molar-refractivity contribution in [1.29, 1.82) is 0 Å². The minimum absolute atomic E-state index is 0.282. The zero-order chi connectivity index (χ0) is 32.8. The van der Waals surface area contributed by atoms with E-state index in [1.54, 1.807) is 0 Å². The first kappa shape index (κ1) is 33.3. The van der Waals surface area contributed by atoms with E-state index in [2.05, 4.69) is 30.2 Å². The Labute approximate surface area is 245 Å². The van der Waals surface area contributed by atoms with Gasteiger partial charge in [-0.1, -0.05) is 0 Å². The van der Waals surface area contributed by atoms with Crippen LogP contribution < -0.4 is 49.0 Å². The normalized spacial score (nSPS) is 11.4. The molecular weight excluding hydrogens is 639 g/mol. The average Bonchev–Trinajstić information content (AvgIpc) is 2.93. The van der Waals surface area contributed by atoms with Crippen molar-refractivity contribution >= 4 is 35.4 Å². The van der Waals surface area contributed by atoms with Gasteiger partial charge in [0.2, 0.25) is 0 Å². The van der Waals surface area contributed by atoms with Gasteiger partial charge in [0.15, 0.2) is 0 Å². The van der Waals surface area contributed by atoms with Crippen LogP contribution in [0.2, 0.25) is 0 Å². The molecule has 0 aromatic carbocycles. The summed E-state index contributed by atoms with van der Waals surface area (Å²) in [5.41, 5.74) is -9.23. The van der Waals surface area contributed by atoms with Gasteiger partial charge >= 0.3 is 50.8 Å². The number of H-pyrrole nitrogens is 3. The lowest BCUT2D eigenvalue weighted by Crippen LogP contribution is -2.43. The minimum Gasteiger partial charge on any atom is -0.307 e. The quantitative estimate of drug-likeness (QED) is 0.0520. The van der Waals surface area contributed by atoms with Gasteiger partial charge in [-0.2, -0.15) is 0 Å². The molecule has 0 radical (unpaired) electrons. The molecule has 0 saturated carbocycles. The van der Waals surface area contributed by atoms with Crippen molar-refractivity contribution in [2.75, 3.05) is 19.6 Å². The molecule has 0 atom stereocenters. The van der Waals surface area contributed by atoms with Crippen molar-refractivity contribution in [1.82, 2.24) is 43.9 Å². The summed E-state index contributed by atoms with van der Waals surface area (Å²) in [6, 6.07) is 0. The van der Waals surface area contributed by atoms with Crippen LogP contribution in [0.1, 0.15) is 0 Å². The predicted octanol–water partition coefficient (Wildman–Crippen LogP) is -3.65. The highest BCUT2D eigenvalue weighted by atomic mass is 32.4. The van der Waals surface area contributed by atoms with E-state index in [1.165, 1.54) is 0 Å². The highest BCUT2D eigenvalue weighted by Crippen LogP contribution is 2.29. The number of nitrogens with one attached hydrogen (secondary N) is 6. The minimum atomic E-state index is -3.31. The summed E-state index contributed by atoms with van der Waals surface area (Å²) in [6.07, 6.45) is 1.91. The summed E-state index contributed by atoms with van der Waals surface area (Å²) in [6.45, 7) is -5.48. The summed E-state index contributed by atoms with van der Waals surface area (Å²) >= 11 is 5.58. The Morgan fingerprint density at radius 2 is 0.841 bits per heavy atom. The zero-order valence-corrected chi connectivity index (χ0v) is 23.6. The molecular formula is C18H21N12O12PS. The maximum atomic E-state index is 12.3. The van der Waals surface area contributed by atoms with Gasteiger partial charge < -0.3 is 15.0 Å². The van der Waals surface area contributed by atoms with Crippen molar-refractivity contribution in [3.05, 3.63) is 111 Å². The van der Waals surface area contributed by atoms with Crippen LogP contribution in [0.25, 0.3) is 0 Å². The van der Waals surface area contributed by atoms with E-state index in [0.29, 0.717) is 32.3 Å². The number of hydrogen-bond donors (Lipinski definition) is 6. The Morgan fingerprint density at radius 3 is 1.07 bits per heavy atom. The van der Waals surface area contributed by atoms with Gasteiger partial charge in [0.05, 0.1) is 33.4 Å². The highest BCUT2D eigenvalue weighted by molar-refractivity contribution is 8.11. The van der Waals surface area contributed by atoms with Crippen molar-refractivity contribution in [3.8, 4) is 0 Å². The SMILES string of the molecule is O=c1[nH]cc([N+](=O)[O-])c(=O)n1CCNP(=S)(NCCn1c(=O)[nH]cc([N+](=O)[O-])c1=O)NCCn1c(=O)[nH]cc([N+](=O)[O-])c1=O. The number of aromatic nitrogens is 6. The first-order chi connectivity index (χ1) is 20.7. The Balaban J connectivity index is 1.83. The summed E-state index contributed by atoms with van der Waals surface area (Å²) in [5, 5.41) is 41.5. The van der Waals surface area contributed by atoms with Crippen LogP contribution in [0.5, 0.6) is 0 Å². The molecule has 0 unspecified atom stereocenters. The van der Waals surface area contributed by atoms with Crippen LogP contribution in [-0.2, 0) is 31.4 Å². The molecule has 3 rings (SSSR count). The van der Waals surface area contributed by atoms with Crippen molar-refractivity contribution in [2.24, 2.45) is 0 Å². The lowest BCUT2D eigenvalue weighted by Gasteiger charge is -2.26. The molecule has 44 heavy (non-hydrogen) atoms. The van der Waals surface area contributed by atoms with Crippen LogP contribution in [-0.4, -0.2) is 63.1 Å². The number of rotatable bonds is 15. The Morgan fingerprint density at radius 1 is 0.591 bits per heavy atom. The number of nitrogens with zero attached hydrogens (tertiary/aromatic N) is 6. The number of aromatic amines is 3. The third-order valence-corrected chi connectivity index (χ3v) is 8.89. The molecule has 0 saturated heterocycles. The number of hydrogen-bond acceptors (Lipinski definition) is 13. The molecule has 26 heteroatoms. The molecule has 0 aliphatic carbocycles. The summed E-state index contributed by atoms with van der Waals surface area (Å²) in [7, 11) is 0. The van der Waals surface area contributed by atoms with Crippen LogP contribution in [0, 0.1) is 30.3 Å². The first-order valence-electron chi connectivity index (χ1n) is 11.9. The van der Waals surface area contributed by atoms with Gasteiger partial charge in [0.1, 0.15) is 6.49 Å². The van der Waals surface area contributed by atoms with E-state index in [0.717, 1.165) is 0 Å². The van der Waals surface area contributed by atoms with E-state index in [9.17, 15) is 59.1 Å². The Kier molecular flexibility index (Phi) is 10.5. The van der Waals surface area contributed by atoms with Crippen molar-refractivity contribution < 1.29 is 14.8 Å². The Hall–Kier alpha value is -5.23. The largest absolute Gasteiger partial charge is 0.350 e. The van der Waals surface area contributed by atoms with Crippen molar-refractivity contribution in [2.45, 2.75) is 19.6 Å². The fourth-order valence-corrected chi connectivity index (χ4v) is 6.03. The highest BCUT2D eigenvalue weighted by Gasteiger charge is 2.22. The lowest BCUT2D eigenvalue weighted by atomic mass is 10.5. The summed E-state index contributed by atoms with van der Waals surface area (Å²) in [5.74, 6) is 0. The fraction of sp³-hybridized carbons (Fsp3) is 0.333. The van der Waals surface area contributed by atoms with Gasteiger partial charge in [-0.25, -0.2) is 14.4 Å². The molecule has 0 bridgehead atoms. The second-order valence-corrected chi connectivity index (χ2v) is 12.2. The zero-order valence-electron chi connectivity index (χ0n) is 21.9. The van der Waals surface area contributed by atoms with E-state index >= 15 is 0 Å². The Bertz CT molecular complexity index is 1800. The smallest absolute Gasteiger partial charge is 0.307 e. The van der Waals surface area contributed by atoms with Gasteiger partial charge in [0.25, 0.3) is 0 Å². The number of nitro groups is 3. The maximum Gasteiger partial charge on any atom is 0.350 e. The molecule has 6 N–H and O–H groups in total. The first-order valence-corrected chi connectivity index (χ1v) is 14.7. The second-order valence-electron chi connectivity index (χ2n) is 8.41. The van der Waals surface area contributed by atoms with Gasteiger partial charge in [0, 0.05) is 39.3 Å². The molecule has 3 aromatic rings. The molecule has 0 aliphatic rings. The van der Waals surface area contributed by atoms with Gasteiger partial charge in [-0.3, -0.25) is 73.7 Å². The molecule has 236 valence electrons. The van der Waals surface area contributed by atoms with Crippen LogP contribution in [0.3, 0.4) is 0 Å². The van der Waals surface area contributed by atoms with Crippen LogP contribution in [0.4, 0.5) is 17.1 Å². The topological polar surface area (TPSA) is 330 Å². The standard InChI is InChI=1S/C18H21N12O12PS/c31-13-10(28(37)38)7-19-16(34)25(13)4-1-22-43(44,23-2-5-26-14(32)11(29(39)40)8-20-17(26)35)24-3-6-27-15(33)12(30(41)42)9-21-18(27)36/h7-9H,1-6H2,(H,19,34)(H,20,35)(H,21,36)(H3,22,23,24,44). The second kappa shape index (κ2) is 13.8. The molecule has 0 spiro atoms. The summed E-state index contributed by atoms with van der Waals surface area (Å²) < 4.78 is 1.57. The van der Waals surface area contributed by atoms with E-state index in [1.807, 2.05) is 0 Å². The van der Waals surface area contributed by atoms with E-state index in [-0.39, 0.29) is 19.6 Å². The average molecular weight is 660 g/mol. The third kappa shape index (κ3) is 7.58. The van der Waals surface area contributed by atoms with Crippen molar-refractivity contribution in [3.63, 3.8) is 0 Å². The fourth-order valence-electron chi connectivity index (χ4n) is 3.63. The molecule has 24 nitrogen and oxygen atoms in total. The van der Waals surface area contributed by atoms with E-state index in [4.69, 9.17) is 11.8 Å². The lowest BCUT2D eigenvalue weighted by molar-refractivity contribution is -0.387. The molecule has 0 fully saturated rings. The molecule has 3 heterocycles. The third-order valence-electron chi connectivity index (χ3n) is 5.73. The van der Waals surface area contributed by atoms with Crippen LogP contribution >= 0.6 is 6.49 Å². The molecule has 0 amide bonds. The monoisotopic (exact) mass is 660 g/mol. The van der Waals surface area contributed by atoms with Gasteiger partial charge in [-0.15, -0.1) is 0 Å². The van der Waals surface area contributed by atoms with E-state index < -0.39 is 91.7 Å². The maximum absolute atomic E-state index is 12.3. The van der Waals surface area contributed by atoms with Gasteiger partial charge in [-0.05, 0) is 11.8 Å². The predicted molar refractivity (Wildman–Crippen MR) is 152 cm³/mol. The van der Waals surface area contributed by atoms with Crippen LogP contribution in [0.15, 0.2) is 47.4 Å².